The molecule has 1 aromatic heterocycles. The van der Waals surface area contributed by atoms with E-state index in [1.165, 1.54) is 0 Å². The Hall–Kier alpha value is -1.81. The molecule has 2 aromatic rings. The topological polar surface area (TPSA) is 79.1 Å². The number of rotatable bonds is 3. The molecule has 4 nitrogen and oxygen atoms in total. The molecule has 2 rings (SSSR count). The fraction of sp³-hybridized carbons (Fsp3) is 0.250. The van der Waals surface area contributed by atoms with Gasteiger partial charge in [0.25, 0.3) is 0 Å². The number of nitrogens with one attached hydrogen (secondary N) is 1. The first-order valence-corrected chi connectivity index (χ1v) is 5.13. The molecule has 0 aliphatic rings. The van der Waals surface area contributed by atoms with Crippen molar-refractivity contribution in [3.05, 3.63) is 35.5 Å². The van der Waals surface area contributed by atoms with Crippen LogP contribution in [0.15, 0.2) is 24.3 Å². The van der Waals surface area contributed by atoms with E-state index >= 15 is 0 Å². The van der Waals surface area contributed by atoms with Crippen LogP contribution in [0.25, 0.3) is 10.9 Å². The Bertz CT molecular complexity index is 531. The molecule has 4 heteroatoms. The van der Waals surface area contributed by atoms with Gasteiger partial charge >= 0.3 is 5.97 Å². The van der Waals surface area contributed by atoms with Crippen molar-refractivity contribution in [1.82, 2.24) is 4.98 Å². The largest absolute Gasteiger partial charge is 0.481 e. The van der Waals surface area contributed by atoms with Crippen LogP contribution in [0.3, 0.4) is 0 Å². The minimum absolute atomic E-state index is 0.0467. The van der Waals surface area contributed by atoms with Gasteiger partial charge in [-0.2, -0.15) is 0 Å². The van der Waals surface area contributed by atoms with Crippen molar-refractivity contribution in [3.8, 4) is 0 Å². The van der Waals surface area contributed by atoms with Crippen molar-refractivity contribution in [3.63, 3.8) is 0 Å². The van der Waals surface area contributed by atoms with Gasteiger partial charge in [0.1, 0.15) is 0 Å². The maximum absolute atomic E-state index is 10.6. The van der Waals surface area contributed by atoms with E-state index in [1.54, 1.807) is 0 Å². The summed E-state index contributed by atoms with van der Waals surface area (Å²) < 4.78 is 0. The minimum atomic E-state index is -0.877. The number of carboxylic acids is 1. The van der Waals surface area contributed by atoms with Crippen molar-refractivity contribution >= 4 is 16.9 Å². The SMILES string of the molecule is Cc1cc2cc(C(N)CC(=O)O)ccc2[nH]1. The fourth-order valence-corrected chi connectivity index (χ4v) is 1.83. The van der Waals surface area contributed by atoms with Crippen LogP contribution < -0.4 is 5.73 Å². The van der Waals surface area contributed by atoms with Gasteiger partial charge in [-0.05, 0) is 36.1 Å². The molecular formula is C12H14N2O2. The van der Waals surface area contributed by atoms with E-state index in [9.17, 15) is 4.79 Å². The van der Waals surface area contributed by atoms with Gasteiger partial charge in [-0.3, -0.25) is 4.79 Å². The van der Waals surface area contributed by atoms with Gasteiger partial charge in [0.2, 0.25) is 0 Å². The van der Waals surface area contributed by atoms with Crippen molar-refractivity contribution in [2.75, 3.05) is 0 Å². The zero-order chi connectivity index (χ0) is 11.7. The number of nitrogens with two attached hydrogens (primary N) is 1. The van der Waals surface area contributed by atoms with Crippen molar-refractivity contribution in [1.29, 1.82) is 0 Å². The standard InChI is InChI=1S/C12H14N2O2/c1-7-4-9-5-8(2-3-11(9)14-7)10(13)6-12(15)16/h2-5,10,14H,6,13H2,1H3,(H,15,16). The van der Waals surface area contributed by atoms with E-state index in [1.807, 2.05) is 31.2 Å². The van der Waals surface area contributed by atoms with Gasteiger partial charge in [-0.1, -0.05) is 6.07 Å². The third kappa shape index (κ3) is 2.06. The summed E-state index contributed by atoms with van der Waals surface area (Å²) in [5, 5.41) is 9.74. The number of carboxylic acid groups (broad SMARTS) is 1. The molecule has 0 aliphatic heterocycles. The highest BCUT2D eigenvalue weighted by Gasteiger charge is 2.11. The molecule has 0 saturated carbocycles. The molecule has 0 saturated heterocycles. The van der Waals surface area contributed by atoms with Crippen LogP contribution in [-0.4, -0.2) is 16.1 Å². The summed E-state index contributed by atoms with van der Waals surface area (Å²) in [5.74, 6) is -0.877. The molecule has 0 amide bonds. The normalized spacial score (nSPS) is 12.9. The quantitative estimate of drug-likeness (QED) is 0.736. The Balaban J connectivity index is 2.34. The lowest BCUT2D eigenvalue weighted by atomic mass is 10.0. The molecule has 1 unspecified atom stereocenters. The number of hydrogen-bond donors (Lipinski definition) is 3. The van der Waals surface area contributed by atoms with Gasteiger partial charge < -0.3 is 15.8 Å². The second-order valence-corrected chi connectivity index (χ2v) is 4.00. The second-order valence-electron chi connectivity index (χ2n) is 4.00. The minimum Gasteiger partial charge on any atom is -0.481 e. The Morgan fingerprint density at radius 1 is 1.50 bits per heavy atom. The van der Waals surface area contributed by atoms with Gasteiger partial charge in [0.05, 0.1) is 6.42 Å². The zero-order valence-electron chi connectivity index (χ0n) is 9.03. The lowest BCUT2D eigenvalue weighted by Gasteiger charge is -2.08. The number of fused-ring (bicyclic) bond motifs is 1. The van der Waals surface area contributed by atoms with Gasteiger partial charge in [-0.15, -0.1) is 0 Å². The maximum Gasteiger partial charge on any atom is 0.305 e. The van der Waals surface area contributed by atoms with E-state index in [2.05, 4.69) is 4.98 Å². The zero-order valence-corrected chi connectivity index (χ0v) is 9.03. The van der Waals surface area contributed by atoms with Crippen LogP contribution in [0.5, 0.6) is 0 Å². The summed E-state index contributed by atoms with van der Waals surface area (Å²) in [5.41, 5.74) is 8.79. The summed E-state index contributed by atoms with van der Waals surface area (Å²) in [6.07, 6.45) is -0.0467. The molecule has 84 valence electrons. The number of aryl methyl sites for hydroxylation is 1. The predicted molar refractivity (Wildman–Crippen MR) is 62.2 cm³/mol. The highest BCUT2D eigenvalue weighted by atomic mass is 16.4. The first kappa shape index (κ1) is 10.7. The third-order valence-corrected chi connectivity index (χ3v) is 2.60. The Kier molecular flexibility index (Phi) is 2.66. The van der Waals surface area contributed by atoms with Crippen LogP contribution in [0, 0.1) is 6.92 Å². The van der Waals surface area contributed by atoms with Gasteiger partial charge in [0.15, 0.2) is 0 Å². The Morgan fingerprint density at radius 3 is 2.94 bits per heavy atom. The number of hydrogen-bond acceptors (Lipinski definition) is 2. The van der Waals surface area contributed by atoms with Crippen LogP contribution >= 0.6 is 0 Å². The first-order valence-electron chi connectivity index (χ1n) is 5.13. The van der Waals surface area contributed by atoms with E-state index in [0.29, 0.717) is 0 Å². The summed E-state index contributed by atoms with van der Waals surface area (Å²) >= 11 is 0. The van der Waals surface area contributed by atoms with Crippen LogP contribution in [0.1, 0.15) is 23.7 Å². The van der Waals surface area contributed by atoms with Crippen molar-refractivity contribution in [2.45, 2.75) is 19.4 Å². The van der Waals surface area contributed by atoms with Crippen LogP contribution in [0.2, 0.25) is 0 Å². The predicted octanol–water partition coefficient (Wildman–Crippen LogP) is 1.95. The highest BCUT2D eigenvalue weighted by Crippen LogP contribution is 2.21. The smallest absolute Gasteiger partial charge is 0.305 e. The number of aromatic amines is 1. The number of benzene rings is 1. The Labute approximate surface area is 93.1 Å². The lowest BCUT2D eigenvalue weighted by Crippen LogP contribution is -2.14. The number of H-pyrrole nitrogens is 1. The average Bonchev–Trinajstić information content (AvgIpc) is 2.55. The number of aliphatic carboxylic acids is 1. The number of carbonyl (C=O) groups is 1. The van der Waals surface area contributed by atoms with E-state index in [-0.39, 0.29) is 6.42 Å². The summed E-state index contributed by atoms with van der Waals surface area (Å²) in [4.78, 5) is 13.8. The molecule has 16 heavy (non-hydrogen) atoms. The van der Waals surface area contributed by atoms with E-state index in [0.717, 1.165) is 22.2 Å². The van der Waals surface area contributed by atoms with E-state index < -0.39 is 12.0 Å². The molecular weight excluding hydrogens is 204 g/mol. The van der Waals surface area contributed by atoms with E-state index in [4.69, 9.17) is 10.8 Å². The third-order valence-electron chi connectivity index (χ3n) is 2.60. The maximum atomic E-state index is 10.6. The molecule has 0 radical (unpaired) electrons. The summed E-state index contributed by atoms with van der Waals surface area (Å²) in [7, 11) is 0. The number of aromatic nitrogens is 1. The van der Waals surface area contributed by atoms with Gasteiger partial charge in [0, 0.05) is 17.3 Å². The second kappa shape index (κ2) is 3.98. The molecule has 0 fully saturated rings. The molecule has 0 spiro atoms. The summed E-state index contributed by atoms with van der Waals surface area (Å²) in [6, 6.07) is 7.31. The Morgan fingerprint density at radius 2 is 2.25 bits per heavy atom. The average molecular weight is 218 g/mol. The van der Waals surface area contributed by atoms with Crippen LogP contribution in [0.4, 0.5) is 0 Å². The molecule has 1 heterocycles. The fourth-order valence-electron chi connectivity index (χ4n) is 1.83. The van der Waals surface area contributed by atoms with Crippen molar-refractivity contribution < 1.29 is 9.90 Å². The monoisotopic (exact) mass is 218 g/mol. The first-order chi connectivity index (χ1) is 7.56. The highest BCUT2D eigenvalue weighted by molar-refractivity contribution is 5.81. The molecule has 1 atom stereocenters. The summed E-state index contributed by atoms with van der Waals surface area (Å²) in [6.45, 7) is 1.98. The van der Waals surface area contributed by atoms with Crippen LogP contribution in [-0.2, 0) is 4.79 Å². The molecule has 0 aliphatic carbocycles. The van der Waals surface area contributed by atoms with Gasteiger partial charge in [-0.25, -0.2) is 0 Å². The van der Waals surface area contributed by atoms with Crippen molar-refractivity contribution in [2.24, 2.45) is 5.73 Å². The molecule has 0 bridgehead atoms. The molecule has 4 N–H and O–H groups in total. The molecule has 1 aromatic carbocycles. The lowest BCUT2D eigenvalue weighted by molar-refractivity contribution is -0.137.